The molecule has 0 aliphatic rings. The van der Waals surface area contributed by atoms with E-state index in [1.807, 2.05) is 0 Å². The summed E-state index contributed by atoms with van der Waals surface area (Å²) in [6.07, 6.45) is 0. The van der Waals surface area contributed by atoms with Gasteiger partial charge >= 0.3 is 5.97 Å². The van der Waals surface area contributed by atoms with Gasteiger partial charge in [-0.2, -0.15) is 0 Å². The highest BCUT2D eigenvalue weighted by molar-refractivity contribution is 7.91. The Kier molecular flexibility index (Phi) is 5.22. The van der Waals surface area contributed by atoms with Crippen LogP contribution in [0.4, 0.5) is 5.69 Å². The van der Waals surface area contributed by atoms with Gasteiger partial charge < -0.3 is 4.74 Å². The van der Waals surface area contributed by atoms with Gasteiger partial charge in [-0.3, -0.25) is 10.1 Å². The molecule has 0 aliphatic heterocycles. The van der Waals surface area contributed by atoms with E-state index < -0.39 is 20.7 Å². The van der Waals surface area contributed by atoms with Crippen LogP contribution in [-0.4, -0.2) is 32.2 Å². The Balaban J connectivity index is 2.71. The van der Waals surface area contributed by atoms with Gasteiger partial charge in [0.1, 0.15) is 0 Å². The first-order valence-electron chi connectivity index (χ1n) is 7.41. The molecule has 2 aromatic rings. The number of carbonyl (C=O) groups is 1. The van der Waals surface area contributed by atoms with Crippen LogP contribution in [0.25, 0.3) is 11.1 Å². The Morgan fingerprint density at radius 3 is 2.44 bits per heavy atom. The van der Waals surface area contributed by atoms with Gasteiger partial charge in [0, 0.05) is 11.6 Å². The number of hydrogen-bond acceptors (Lipinski definition) is 6. The highest BCUT2D eigenvalue weighted by Gasteiger charge is 2.22. The molecule has 0 spiro atoms. The Labute approximate surface area is 145 Å². The van der Waals surface area contributed by atoms with Gasteiger partial charge in [0.25, 0.3) is 5.69 Å². The molecule has 0 amide bonds. The van der Waals surface area contributed by atoms with Crippen molar-refractivity contribution in [3.63, 3.8) is 0 Å². The van der Waals surface area contributed by atoms with Crippen LogP contribution in [0.3, 0.4) is 0 Å². The van der Waals surface area contributed by atoms with E-state index in [4.69, 9.17) is 0 Å². The number of methoxy groups -OCH3 is 1. The predicted octanol–water partition coefficient (Wildman–Crippen LogP) is 3.15. The molecule has 25 heavy (non-hydrogen) atoms. The van der Waals surface area contributed by atoms with Crippen LogP contribution in [-0.2, 0) is 14.6 Å². The van der Waals surface area contributed by atoms with Gasteiger partial charge in [-0.15, -0.1) is 0 Å². The minimum Gasteiger partial charge on any atom is -0.465 e. The number of sulfone groups is 1. The summed E-state index contributed by atoms with van der Waals surface area (Å²) < 4.78 is 28.8. The van der Waals surface area contributed by atoms with Gasteiger partial charge in [-0.1, -0.05) is 19.1 Å². The van der Waals surface area contributed by atoms with Crippen LogP contribution < -0.4 is 0 Å². The number of benzene rings is 2. The number of carbonyl (C=O) groups excluding carboxylic acids is 1. The van der Waals surface area contributed by atoms with Gasteiger partial charge in [0.15, 0.2) is 9.84 Å². The second kappa shape index (κ2) is 7.02. The van der Waals surface area contributed by atoms with Gasteiger partial charge in [0.2, 0.25) is 0 Å². The maximum Gasteiger partial charge on any atom is 0.338 e. The van der Waals surface area contributed by atoms with Crippen LogP contribution in [0.1, 0.15) is 22.8 Å². The van der Waals surface area contributed by atoms with E-state index in [0.29, 0.717) is 11.1 Å². The molecule has 0 bridgehead atoms. The van der Waals surface area contributed by atoms with Crippen molar-refractivity contribution in [2.45, 2.75) is 18.7 Å². The third kappa shape index (κ3) is 3.69. The second-order valence-electron chi connectivity index (χ2n) is 5.35. The molecule has 0 aliphatic carbocycles. The van der Waals surface area contributed by atoms with Crippen LogP contribution in [0.5, 0.6) is 0 Å². The average Bonchev–Trinajstić information content (AvgIpc) is 2.61. The summed E-state index contributed by atoms with van der Waals surface area (Å²) in [4.78, 5) is 22.8. The number of esters is 1. The van der Waals surface area contributed by atoms with Crippen molar-refractivity contribution in [2.24, 2.45) is 0 Å². The maximum absolute atomic E-state index is 12.1. The molecule has 0 N–H and O–H groups in total. The van der Waals surface area contributed by atoms with Crippen molar-refractivity contribution in [2.75, 3.05) is 12.9 Å². The lowest BCUT2D eigenvalue weighted by molar-refractivity contribution is -0.385. The zero-order valence-electron chi connectivity index (χ0n) is 14.0. The van der Waals surface area contributed by atoms with Crippen LogP contribution in [0.15, 0.2) is 41.3 Å². The fourth-order valence-corrected chi connectivity index (χ4v) is 3.34. The average molecular weight is 363 g/mol. The summed E-state index contributed by atoms with van der Waals surface area (Å²) >= 11 is 0. The first kappa shape index (κ1) is 18.6. The van der Waals surface area contributed by atoms with E-state index in [2.05, 4.69) is 4.74 Å². The Morgan fingerprint density at radius 1 is 1.20 bits per heavy atom. The van der Waals surface area contributed by atoms with Crippen molar-refractivity contribution in [3.05, 3.63) is 57.6 Å². The normalized spacial score (nSPS) is 11.2. The minimum absolute atomic E-state index is 0.0576. The van der Waals surface area contributed by atoms with Crippen molar-refractivity contribution >= 4 is 21.5 Å². The third-order valence-electron chi connectivity index (χ3n) is 3.89. The summed E-state index contributed by atoms with van der Waals surface area (Å²) in [5, 5.41) is 11.3. The molecule has 2 aromatic carbocycles. The number of ether oxygens (including phenoxy) is 1. The molecule has 2 rings (SSSR count). The minimum atomic E-state index is -3.42. The first-order valence-corrected chi connectivity index (χ1v) is 9.07. The lowest BCUT2D eigenvalue weighted by Crippen LogP contribution is -2.07. The third-order valence-corrected chi connectivity index (χ3v) is 5.62. The first-order chi connectivity index (χ1) is 11.7. The maximum atomic E-state index is 12.1. The highest BCUT2D eigenvalue weighted by Crippen LogP contribution is 2.31. The van der Waals surface area contributed by atoms with E-state index in [0.717, 1.165) is 0 Å². The van der Waals surface area contributed by atoms with Crippen LogP contribution in [0, 0.1) is 17.0 Å². The van der Waals surface area contributed by atoms with E-state index >= 15 is 0 Å². The molecular formula is C17H17NO6S. The molecule has 0 fully saturated rings. The Morgan fingerprint density at radius 2 is 1.88 bits per heavy atom. The largest absolute Gasteiger partial charge is 0.465 e. The Hall–Kier alpha value is -2.74. The SMILES string of the molecule is CCS(=O)(=O)c1cccc(-c2cc(C(=O)OC)c(C)c([N+](=O)[O-])c2)c1. The van der Waals surface area contributed by atoms with Gasteiger partial charge in [-0.25, -0.2) is 13.2 Å². The van der Waals surface area contributed by atoms with Crippen molar-refractivity contribution in [1.29, 1.82) is 0 Å². The summed E-state index contributed by atoms with van der Waals surface area (Å²) in [6, 6.07) is 8.87. The lowest BCUT2D eigenvalue weighted by atomic mass is 9.98. The van der Waals surface area contributed by atoms with E-state index in [-0.39, 0.29) is 27.5 Å². The fraction of sp³-hybridized carbons (Fsp3) is 0.235. The fourth-order valence-electron chi connectivity index (χ4n) is 2.41. The number of nitro groups is 1. The summed E-state index contributed by atoms with van der Waals surface area (Å²) in [5.41, 5.74) is 0.851. The molecule has 0 heterocycles. The predicted molar refractivity (Wildman–Crippen MR) is 92.3 cm³/mol. The number of hydrogen-bond donors (Lipinski definition) is 0. The number of nitro benzene ring substituents is 1. The molecular weight excluding hydrogens is 346 g/mol. The quantitative estimate of drug-likeness (QED) is 0.459. The monoisotopic (exact) mass is 363 g/mol. The summed E-state index contributed by atoms with van der Waals surface area (Å²) in [7, 11) is -2.23. The highest BCUT2D eigenvalue weighted by atomic mass is 32.2. The molecule has 0 atom stereocenters. The molecule has 0 radical (unpaired) electrons. The van der Waals surface area contributed by atoms with Gasteiger partial charge in [-0.05, 0) is 36.2 Å². The topological polar surface area (TPSA) is 104 Å². The van der Waals surface area contributed by atoms with E-state index in [9.17, 15) is 23.3 Å². The number of rotatable bonds is 5. The second-order valence-corrected chi connectivity index (χ2v) is 7.63. The molecule has 8 heteroatoms. The lowest BCUT2D eigenvalue weighted by Gasteiger charge is -2.10. The van der Waals surface area contributed by atoms with E-state index in [1.54, 1.807) is 12.1 Å². The van der Waals surface area contributed by atoms with Gasteiger partial charge in [0.05, 0.1) is 28.2 Å². The molecule has 132 valence electrons. The van der Waals surface area contributed by atoms with Crippen molar-refractivity contribution in [3.8, 4) is 11.1 Å². The molecule has 0 aromatic heterocycles. The van der Waals surface area contributed by atoms with Crippen LogP contribution >= 0.6 is 0 Å². The summed E-state index contributed by atoms with van der Waals surface area (Å²) in [6.45, 7) is 3.00. The standard InChI is InChI=1S/C17H17NO6S/c1-4-25(22,23)14-7-5-6-12(8-14)13-9-15(17(19)24-3)11(2)16(10-13)18(20)21/h5-10H,4H2,1-3H3. The van der Waals surface area contributed by atoms with Crippen molar-refractivity contribution in [1.82, 2.24) is 0 Å². The molecule has 0 saturated carbocycles. The molecule has 7 nitrogen and oxygen atoms in total. The smallest absolute Gasteiger partial charge is 0.338 e. The molecule has 0 unspecified atom stereocenters. The molecule has 0 saturated heterocycles. The van der Waals surface area contributed by atoms with Crippen LogP contribution in [0.2, 0.25) is 0 Å². The van der Waals surface area contributed by atoms with Crippen molar-refractivity contribution < 1.29 is 22.9 Å². The zero-order valence-corrected chi connectivity index (χ0v) is 14.8. The number of nitrogens with zero attached hydrogens (tertiary/aromatic N) is 1. The zero-order chi connectivity index (χ0) is 18.8. The Bertz CT molecular complexity index is 950. The summed E-state index contributed by atoms with van der Waals surface area (Å²) in [5.74, 6) is -0.752. The van der Waals surface area contributed by atoms with E-state index in [1.165, 1.54) is 45.2 Å².